The van der Waals surface area contributed by atoms with E-state index in [0.29, 0.717) is 0 Å². The summed E-state index contributed by atoms with van der Waals surface area (Å²) in [5, 5.41) is 0. The van der Waals surface area contributed by atoms with Gasteiger partial charge in [0.15, 0.2) is 0 Å². The molecule has 0 unspecified atom stereocenters. The smallest absolute Gasteiger partial charge is 0.0836 e. The lowest BCUT2D eigenvalue weighted by molar-refractivity contribution is -0.904. The van der Waals surface area contributed by atoms with E-state index >= 15 is 0 Å². The van der Waals surface area contributed by atoms with Gasteiger partial charge in [0.1, 0.15) is 0 Å². The molecule has 1 saturated carbocycles. The van der Waals surface area contributed by atoms with E-state index in [1.807, 2.05) is 0 Å². The van der Waals surface area contributed by atoms with Gasteiger partial charge in [-0.3, -0.25) is 0 Å². The second-order valence-corrected chi connectivity index (χ2v) is 7.36. The summed E-state index contributed by atoms with van der Waals surface area (Å²) < 4.78 is 2.33. The molecule has 2 nitrogen and oxygen atoms in total. The van der Waals surface area contributed by atoms with Gasteiger partial charge < -0.3 is 8.97 Å². The Morgan fingerprint density at radius 1 is 0.875 bits per heavy atom. The molecule has 0 spiro atoms. The van der Waals surface area contributed by atoms with Crippen molar-refractivity contribution in [1.82, 2.24) is 0 Å². The topological polar surface area (TPSA) is 0 Å². The minimum atomic E-state index is 1.01. The van der Waals surface area contributed by atoms with Crippen LogP contribution in [0.4, 0.5) is 0 Å². The Kier molecular flexibility index (Phi) is 4.81. The first kappa shape index (κ1) is 14.0. The highest BCUT2D eigenvalue weighted by Gasteiger charge is 2.25. The first-order valence-corrected chi connectivity index (χ1v) is 6.91. The third-order valence-electron chi connectivity index (χ3n) is 3.82. The van der Waals surface area contributed by atoms with Gasteiger partial charge in [-0.05, 0) is 12.8 Å². The Morgan fingerprint density at radius 3 is 1.94 bits per heavy atom. The predicted octanol–water partition coefficient (Wildman–Crippen LogP) is 2.35. The molecular formula is C14H32N2+2. The number of nitrogens with zero attached hydrogens (tertiary/aromatic N) is 2. The predicted molar refractivity (Wildman–Crippen MR) is 71.3 cm³/mol. The second-order valence-electron chi connectivity index (χ2n) is 7.36. The van der Waals surface area contributed by atoms with Crippen molar-refractivity contribution in [3.05, 3.63) is 0 Å². The molecule has 2 heteroatoms. The molecule has 16 heavy (non-hydrogen) atoms. The van der Waals surface area contributed by atoms with Crippen molar-refractivity contribution >= 4 is 0 Å². The van der Waals surface area contributed by atoms with E-state index in [1.165, 1.54) is 56.2 Å². The molecule has 1 rings (SSSR count). The Hall–Kier alpha value is -0.0800. The van der Waals surface area contributed by atoms with Crippen LogP contribution < -0.4 is 0 Å². The van der Waals surface area contributed by atoms with E-state index < -0.39 is 0 Å². The van der Waals surface area contributed by atoms with Crippen molar-refractivity contribution in [1.29, 1.82) is 0 Å². The van der Waals surface area contributed by atoms with Crippen LogP contribution in [0, 0.1) is 5.92 Å². The zero-order valence-electron chi connectivity index (χ0n) is 12.1. The van der Waals surface area contributed by atoms with Crippen molar-refractivity contribution in [2.75, 3.05) is 54.9 Å². The van der Waals surface area contributed by atoms with Crippen LogP contribution in [-0.4, -0.2) is 63.8 Å². The van der Waals surface area contributed by atoms with Crippen molar-refractivity contribution in [2.45, 2.75) is 32.1 Å². The zero-order valence-corrected chi connectivity index (χ0v) is 12.1. The number of quaternary nitrogens is 2. The van der Waals surface area contributed by atoms with Crippen LogP contribution in [0.1, 0.15) is 32.1 Å². The van der Waals surface area contributed by atoms with Gasteiger partial charge >= 0.3 is 0 Å². The third kappa shape index (κ3) is 5.86. The molecule has 0 amide bonds. The average molecular weight is 228 g/mol. The van der Waals surface area contributed by atoms with E-state index in [9.17, 15) is 0 Å². The highest BCUT2D eigenvalue weighted by atomic mass is 15.3. The molecule has 0 aromatic heterocycles. The average Bonchev–Trinajstić information content (AvgIpc) is 2.52. The zero-order chi connectivity index (χ0) is 12.2. The number of hydrogen-bond donors (Lipinski definition) is 0. The fraction of sp³-hybridized carbons (Fsp3) is 1.00. The maximum atomic E-state index is 2.41. The molecule has 0 aromatic rings. The molecule has 1 aliphatic rings. The highest BCUT2D eigenvalue weighted by molar-refractivity contribution is 4.66. The molecule has 0 saturated heterocycles. The standard InChI is InChI=1S/C14H32N2/c1-15(2,3)11-8-12-16(4,5)13-14-9-6-7-10-14/h14H,6-13H2,1-5H3/q+2. The van der Waals surface area contributed by atoms with Crippen LogP contribution in [0.3, 0.4) is 0 Å². The molecule has 0 aromatic carbocycles. The number of hydrogen-bond acceptors (Lipinski definition) is 0. The summed E-state index contributed by atoms with van der Waals surface area (Å²) in [6, 6.07) is 0. The summed E-state index contributed by atoms with van der Waals surface area (Å²) in [5.74, 6) is 1.01. The van der Waals surface area contributed by atoms with E-state index in [-0.39, 0.29) is 0 Å². The summed E-state index contributed by atoms with van der Waals surface area (Å²) >= 11 is 0. The van der Waals surface area contributed by atoms with Crippen LogP contribution >= 0.6 is 0 Å². The Morgan fingerprint density at radius 2 is 1.44 bits per heavy atom. The van der Waals surface area contributed by atoms with Crippen LogP contribution in [0.2, 0.25) is 0 Å². The van der Waals surface area contributed by atoms with Crippen molar-refractivity contribution in [2.24, 2.45) is 5.92 Å². The summed E-state index contributed by atoms with van der Waals surface area (Å²) in [4.78, 5) is 0. The molecule has 0 aliphatic heterocycles. The first-order valence-electron chi connectivity index (χ1n) is 6.91. The Bertz CT molecular complexity index is 197. The van der Waals surface area contributed by atoms with Crippen LogP contribution in [0.25, 0.3) is 0 Å². The highest BCUT2D eigenvalue weighted by Crippen LogP contribution is 2.26. The Balaban J connectivity index is 2.22. The van der Waals surface area contributed by atoms with E-state index in [1.54, 1.807) is 0 Å². The van der Waals surface area contributed by atoms with E-state index in [0.717, 1.165) is 10.4 Å². The van der Waals surface area contributed by atoms with Crippen molar-refractivity contribution in [3.8, 4) is 0 Å². The maximum absolute atomic E-state index is 2.41. The Labute approximate surface area is 102 Å². The van der Waals surface area contributed by atoms with Gasteiger partial charge in [0.2, 0.25) is 0 Å². The van der Waals surface area contributed by atoms with Crippen molar-refractivity contribution in [3.63, 3.8) is 0 Å². The van der Waals surface area contributed by atoms with Gasteiger partial charge in [-0.25, -0.2) is 0 Å². The molecule has 0 atom stereocenters. The minimum Gasteiger partial charge on any atom is -0.331 e. The van der Waals surface area contributed by atoms with Gasteiger partial charge in [-0.15, -0.1) is 0 Å². The van der Waals surface area contributed by atoms with Gasteiger partial charge in [0.25, 0.3) is 0 Å². The third-order valence-corrected chi connectivity index (χ3v) is 3.82. The van der Waals surface area contributed by atoms with E-state index in [4.69, 9.17) is 0 Å². The molecule has 0 heterocycles. The molecule has 0 N–H and O–H groups in total. The lowest BCUT2D eigenvalue weighted by atomic mass is 10.1. The molecular weight excluding hydrogens is 196 g/mol. The van der Waals surface area contributed by atoms with Crippen molar-refractivity contribution < 1.29 is 8.97 Å². The summed E-state index contributed by atoms with van der Waals surface area (Å²) in [6.07, 6.45) is 7.27. The normalized spacial score (nSPS) is 19.3. The SMILES string of the molecule is C[N+](C)(C)CCC[N+](C)(C)CC1CCCC1. The maximum Gasteiger partial charge on any atom is 0.0836 e. The molecule has 0 bridgehead atoms. The van der Waals surface area contributed by atoms with Gasteiger partial charge in [0.05, 0.1) is 54.9 Å². The fourth-order valence-electron chi connectivity index (χ4n) is 2.96. The lowest BCUT2D eigenvalue weighted by Gasteiger charge is -2.33. The first-order chi connectivity index (χ1) is 7.29. The summed E-state index contributed by atoms with van der Waals surface area (Å²) in [7, 11) is 11.7. The van der Waals surface area contributed by atoms with Gasteiger partial charge in [-0.1, -0.05) is 12.8 Å². The second kappa shape index (κ2) is 5.50. The lowest BCUT2D eigenvalue weighted by Crippen LogP contribution is -2.46. The van der Waals surface area contributed by atoms with Crippen LogP contribution in [0.5, 0.6) is 0 Å². The van der Waals surface area contributed by atoms with Gasteiger partial charge in [-0.2, -0.15) is 0 Å². The number of rotatable bonds is 6. The molecule has 96 valence electrons. The summed E-state index contributed by atoms with van der Waals surface area (Å²) in [5.41, 5.74) is 0. The van der Waals surface area contributed by atoms with Crippen LogP contribution in [-0.2, 0) is 0 Å². The van der Waals surface area contributed by atoms with Gasteiger partial charge in [0, 0.05) is 12.3 Å². The molecule has 1 aliphatic carbocycles. The van der Waals surface area contributed by atoms with E-state index in [2.05, 4.69) is 35.2 Å². The largest absolute Gasteiger partial charge is 0.331 e. The molecule has 0 radical (unpaired) electrons. The minimum absolute atomic E-state index is 1.01. The monoisotopic (exact) mass is 228 g/mol. The quantitative estimate of drug-likeness (QED) is 0.612. The van der Waals surface area contributed by atoms with Crippen LogP contribution in [0.15, 0.2) is 0 Å². The summed E-state index contributed by atoms with van der Waals surface area (Å²) in [6.45, 7) is 4.04. The fourth-order valence-corrected chi connectivity index (χ4v) is 2.96. The molecule has 1 fully saturated rings.